The Morgan fingerprint density at radius 3 is 2.62 bits per heavy atom. The first kappa shape index (κ1) is 17.9. The lowest BCUT2D eigenvalue weighted by Gasteiger charge is -2.33. The first-order chi connectivity index (χ1) is 12.4. The second-order valence-corrected chi connectivity index (χ2v) is 6.34. The van der Waals surface area contributed by atoms with Crippen molar-refractivity contribution >= 4 is 22.8 Å². The topological polar surface area (TPSA) is 130 Å². The van der Waals surface area contributed by atoms with E-state index in [0.717, 1.165) is 4.57 Å². The maximum absolute atomic E-state index is 12.4. The molecule has 0 atom stereocenters. The summed E-state index contributed by atoms with van der Waals surface area (Å²) in [5.41, 5.74) is -1.96. The zero-order valence-electron chi connectivity index (χ0n) is 14.0. The quantitative estimate of drug-likeness (QED) is 0.669. The van der Waals surface area contributed by atoms with Crippen molar-refractivity contribution in [3.63, 3.8) is 0 Å². The van der Waals surface area contributed by atoms with Gasteiger partial charge in [-0.3, -0.25) is 19.0 Å². The summed E-state index contributed by atoms with van der Waals surface area (Å²) in [5, 5.41) is 12.3. The molecule has 1 aliphatic rings. The minimum absolute atomic E-state index is 0.0786. The van der Waals surface area contributed by atoms with Crippen molar-refractivity contribution in [2.45, 2.75) is 19.4 Å². The number of para-hydroxylation sites is 1. The molecule has 1 saturated heterocycles. The van der Waals surface area contributed by atoms with Crippen LogP contribution in [0.1, 0.15) is 12.8 Å². The number of nitrogens with one attached hydrogen (secondary N) is 2. The number of hydrogen-bond acceptors (Lipinski definition) is 5. The highest BCUT2D eigenvalue weighted by Crippen LogP contribution is 2.30. The van der Waals surface area contributed by atoms with Crippen LogP contribution in [0.5, 0.6) is 0 Å². The smallest absolute Gasteiger partial charge is 0.329 e. The SMILES string of the molecule is O=C(Cn1c(=O)[nH]c2ccccc2c1=O)NCC1(C(=O)O)CCOCC1. The first-order valence-corrected chi connectivity index (χ1v) is 8.23. The van der Waals surface area contributed by atoms with Crippen molar-refractivity contribution in [2.24, 2.45) is 5.41 Å². The Balaban J connectivity index is 1.76. The van der Waals surface area contributed by atoms with E-state index in [1.54, 1.807) is 24.3 Å². The number of carboxylic acids is 1. The molecule has 0 spiro atoms. The van der Waals surface area contributed by atoms with Gasteiger partial charge in [-0.25, -0.2) is 4.79 Å². The second kappa shape index (κ2) is 7.12. The van der Waals surface area contributed by atoms with Gasteiger partial charge in [0.25, 0.3) is 5.56 Å². The van der Waals surface area contributed by atoms with E-state index in [0.29, 0.717) is 37.0 Å². The Morgan fingerprint density at radius 1 is 1.23 bits per heavy atom. The molecule has 1 amide bonds. The normalized spacial score (nSPS) is 16.3. The molecule has 1 aliphatic heterocycles. The molecule has 0 bridgehead atoms. The summed E-state index contributed by atoms with van der Waals surface area (Å²) in [6, 6.07) is 6.51. The van der Waals surface area contributed by atoms with Gasteiger partial charge in [0.2, 0.25) is 5.91 Å². The lowest BCUT2D eigenvalue weighted by molar-refractivity contribution is -0.154. The van der Waals surface area contributed by atoms with Crippen molar-refractivity contribution in [2.75, 3.05) is 19.8 Å². The van der Waals surface area contributed by atoms with Gasteiger partial charge in [-0.05, 0) is 25.0 Å². The van der Waals surface area contributed by atoms with Gasteiger partial charge in [-0.1, -0.05) is 12.1 Å². The van der Waals surface area contributed by atoms with E-state index in [-0.39, 0.29) is 6.54 Å². The van der Waals surface area contributed by atoms with E-state index in [1.807, 2.05) is 0 Å². The number of hydrogen-bond donors (Lipinski definition) is 3. The highest BCUT2D eigenvalue weighted by Gasteiger charge is 2.40. The lowest BCUT2D eigenvalue weighted by atomic mass is 9.80. The molecule has 2 aromatic rings. The van der Waals surface area contributed by atoms with E-state index < -0.39 is 35.1 Å². The van der Waals surface area contributed by atoms with Crippen molar-refractivity contribution in [1.82, 2.24) is 14.9 Å². The number of rotatable bonds is 5. The minimum Gasteiger partial charge on any atom is -0.481 e. The Labute approximate surface area is 147 Å². The van der Waals surface area contributed by atoms with Crippen LogP contribution in [-0.4, -0.2) is 46.3 Å². The van der Waals surface area contributed by atoms with Gasteiger partial charge in [-0.2, -0.15) is 0 Å². The second-order valence-electron chi connectivity index (χ2n) is 6.34. The number of carbonyl (C=O) groups excluding carboxylic acids is 1. The molecule has 2 heterocycles. The fourth-order valence-electron chi connectivity index (χ4n) is 3.04. The summed E-state index contributed by atoms with van der Waals surface area (Å²) in [7, 11) is 0. The van der Waals surface area contributed by atoms with Crippen LogP contribution in [0, 0.1) is 5.41 Å². The number of H-pyrrole nitrogens is 1. The molecule has 26 heavy (non-hydrogen) atoms. The fraction of sp³-hybridized carbons (Fsp3) is 0.412. The summed E-state index contributed by atoms with van der Waals surface area (Å²) in [5.74, 6) is -1.60. The molecule has 0 radical (unpaired) electrons. The largest absolute Gasteiger partial charge is 0.481 e. The molecule has 1 aromatic heterocycles. The van der Waals surface area contributed by atoms with E-state index >= 15 is 0 Å². The molecule has 0 aliphatic carbocycles. The first-order valence-electron chi connectivity index (χ1n) is 8.23. The number of amides is 1. The molecule has 0 unspecified atom stereocenters. The van der Waals surface area contributed by atoms with Crippen molar-refractivity contribution < 1.29 is 19.4 Å². The third kappa shape index (κ3) is 3.38. The van der Waals surface area contributed by atoms with Crippen LogP contribution in [0.25, 0.3) is 10.9 Å². The molecule has 1 fully saturated rings. The summed E-state index contributed by atoms with van der Waals surface area (Å²) in [4.78, 5) is 50.8. The number of nitrogens with zero attached hydrogens (tertiary/aromatic N) is 1. The molecule has 0 saturated carbocycles. The third-order valence-corrected chi connectivity index (χ3v) is 4.72. The standard InChI is InChI=1S/C17H19N3O6/c21-13(18-10-17(15(23)24)5-7-26-8-6-17)9-20-14(22)11-3-1-2-4-12(11)19-16(20)25/h1-4H,5-10H2,(H,18,21)(H,19,25)(H,23,24). The summed E-state index contributed by atoms with van der Waals surface area (Å²) < 4.78 is 5.98. The zero-order valence-corrected chi connectivity index (χ0v) is 14.0. The summed E-state index contributed by atoms with van der Waals surface area (Å²) in [6.45, 7) is 0.0634. The number of ether oxygens (including phenoxy) is 1. The monoisotopic (exact) mass is 361 g/mol. The fourth-order valence-corrected chi connectivity index (χ4v) is 3.04. The van der Waals surface area contributed by atoms with Gasteiger partial charge < -0.3 is 20.1 Å². The number of carbonyl (C=O) groups is 2. The van der Waals surface area contributed by atoms with E-state index in [2.05, 4.69) is 10.3 Å². The average Bonchev–Trinajstić information content (AvgIpc) is 2.64. The maximum atomic E-state index is 12.4. The van der Waals surface area contributed by atoms with Gasteiger partial charge in [0.1, 0.15) is 6.54 Å². The van der Waals surface area contributed by atoms with Gasteiger partial charge >= 0.3 is 11.7 Å². The molecular formula is C17H19N3O6. The number of aromatic nitrogens is 2. The number of aliphatic carboxylic acids is 1. The molecule has 9 nitrogen and oxygen atoms in total. The Hall–Kier alpha value is -2.94. The van der Waals surface area contributed by atoms with Gasteiger partial charge in [-0.15, -0.1) is 0 Å². The highest BCUT2D eigenvalue weighted by atomic mass is 16.5. The summed E-state index contributed by atoms with van der Waals surface area (Å²) in [6.07, 6.45) is 0.582. The Kier molecular flexibility index (Phi) is 4.90. The van der Waals surface area contributed by atoms with Crippen LogP contribution >= 0.6 is 0 Å². The molecule has 3 rings (SSSR count). The van der Waals surface area contributed by atoms with E-state index in [1.165, 1.54) is 0 Å². The molecule has 138 valence electrons. The van der Waals surface area contributed by atoms with E-state index in [4.69, 9.17) is 4.74 Å². The zero-order chi connectivity index (χ0) is 18.7. The van der Waals surface area contributed by atoms with Crippen molar-refractivity contribution in [3.05, 3.63) is 45.1 Å². The van der Waals surface area contributed by atoms with Crippen molar-refractivity contribution in [1.29, 1.82) is 0 Å². The van der Waals surface area contributed by atoms with Gasteiger partial charge in [0.15, 0.2) is 0 Å². The molecular weight excluding hydrogens is 342 g/mol. The van der Waals surface area contributed by atoms with Crippen LogP contribution in [0.2, 0.25) is 0 Å². The molecule has 3 N–H and O–H groups in total. The van der Waals surface area contributed by atoms with Crippen molar-refractivity contribution in [3.8, 4) is 0 Å². The van der Waals surface area contributed by atoms with Crippen LogP contribution in [-0.2, 0) is 20.9 Å². The third-order valence-electron chi connectivity index (χ3n) is 4.72. The number of carboxylic acid groups (broad SMARTS) is 1. The predicted octanol–water partition coefficient (Wildman–Crippen LogP) is -0.313. The van der Waals surface area contributed by atoms with Crippen LogP contribution in [0.3, 0.4) is 0 Å². The van der Waals surface area contributed by atoms with Crippen LogP contribution < -0.4 is 16.6 Å². The highest BCUT2D eigenvalue weighted by molar-refractivity contribution is 5.80. The number of aromatic amines is 1. The lowest BCUT2D eigenvalue weighted by Crippen LogP contribution is -2.48. The van der Waals surface area contributed by atoms with Crippen LogP contribution in [0.4, 0.5) is 0 Å². The Bertz CT molecular complexity index is 955. The van der Waals surface area contributed by atoms with Crippen LogP contribution in [0.15, 0.2) is 33.9 Å². The van der Waals surface area contributed by atoms with Gasteiger partial charge in [0.05, 0.1) is 16.3 Å². The summed E-state index contributed by atoms with van der Waals surface area (Å²) >= 11 is 0. The number of benzene rings is 1. The maximum Gasteiger partial charge on any atom is 0.329 e. The number of fused-ring (bicyclic) bond motifs is 1. The molecule has 1 aromatic carbocycles. The Morgan fingerprint density at radius 2 is 1.92 bits per heavy atom. The predicted molar refractivity (Wildman–Crippen MR) is 92.0 cm³/mol. The minimum atomic E-state index is -1.09. The van der Waals surface area contributed by atoms with Gasteiger partial charge in [0, 0.05) is 19.8 Å². The molecule has 9 heteroatoms. The van der Waals surface area contributed by atoms with E-state index in [9.17, 15) is 24.3 Å². The average molecular weight is 361 g/mol.